The zero-order valence-corrected chi connectivity index (χ0v) is 16.6. The molecule has 1 N–H and O–H groups in total. The standard InChI is InChI=1S/C21H24N2O4S/c1-28-10-9-16(22-21(26)27-12-13-5-3-2-4-6-13)23-19(24)17-14-7-8-15(11-14)18(17)20(23)25/h2-8,14-18H,9-12H2,1H3,(H,22,26). The van der Waals surface area contributed by atoms with Gasteiger partial charge >= 0.3 is 6.09 Å². The highest BCUT2D eigenvalue weighted by Gasteiger charge is 2.60. The molecular formula is C21H24N2O4S. The molecule has 0 aromatic heterocycles. The predicted octanol–water partition coefficient (Wildman–Crippen LogP) is 2.80. The number of carbonyl (C=O) groups excluding carboxylic acids is 3. The molecular weight excluding hydrogens is 376 g/mol. The van der Waals surface area contributed by atoms with Crippen molar-refractivity contribution in [3.63, 3.8) is 0 Å². The van der Waals surface area contributed by atoms with E-state index in [2.05, 4.69) is 17.5 Å². The Hall–Kier alpha value is -2.28. The Morgan fingerprint density at radius 2 is 1.82 bits per heavy atom. The Bertz CT molecular complexity index is 767. The predicted molar refractivity (Wildman–Crippen MR) is 106 cm³/mol. The number of fused-ring (bicyclic) bond motifs is 5. The number of hydrogen-bond acceptors (Lipinski definition) is 5. The largest absolute Gasteiger partial charge is 0.445 e. The smallest absolute Gasteiger partial charge is 0.409 e. The van der Waals surface area contributed by atoms with Crippen LogP contribution in [-0.4, -0.2) is 41.0 Å². The summed E-state index contributed by atoms with van der Waals surface area (Å²) in [5.74, 6) is 0.206. The number of likely N-dealkylation sites (tertiary alicyclic amines) is 1. The average Bonchev–Trinajstić information content (AvgIpc) is 3.38. The minimum Gasteiger partial charge on any atom is -0.445 e. The molecule has 1 saturated heterocycles. The first kappa shape index (κ1) is 19.1. The van der Waals surface area contributed by atoms with Crippen LogP contribution in [0.2, 0.25) is 0 Å². The number of thioether (sulfide) groups is 1. The number of alkyl carbamates (subject to hydrolysis) is 1. The number of nitrogens with zero attached hydrogens (tertiary/aromatic N) is 1. The van der Waals surface area contributed by atoms with Gasteiger partial charge in [0.1, 0.15) is 12.8 Å². The van der Waals surface area contributed by atoms with Crippen molar-refractivity contribution < 1.29 is 19.1 Å². The Labute approximate surface area is 168 Å². The molecule has 3 amide bonds. The molecule has 0 spiro atoms. The van der Waals surface area contributed by atoms with Gasteiger partial charge in [0.15, 0.2) is 0 Å². The molecule has 0 radical (unpaired) electrons. The van der Waals surface area contributed by atoms with Crippen LogP contribution in [0.3, 0.4) is 0 Å². The van der Waals surface area contributed by atoms with Gasteiger partial charge in [-0.3, -0.25) is 14.5 Å². The SMILES string of the molecule is CSCCC(NC(=O)OCc1ccccc1)N1C(=O)C2C3C=CC(C3)C2C1=O. The van der Waals surface area contributed by atoms with Crippen LogP contribution in [0.4, 0.5) is 4.79 Å². The van der Waals surface area contributed by atoms with E-state index in [1.165, 1.54) is 4.90 Å². The first-order valence-corrected chi connectivity index (χ1v) is 11.0. The van der Waals surface area contributed by atoms with E-state index in [1.54, 1.807) is 11.8 Å². The third-order valence-corrected chi connectivity index (χ3v) is 6.55. The zero-order chi connectivity index (χ0) is 19.7. The lowest BCUT2D eigenvalue weighted by atomic mass is 9.85. The Morgan fingerprint density at radius 1 is 1.18 bits per heavy atom. The molecule has 5 unspecified atom stereocenters. The van der Waals surface area contributed by atoms with Crippen molar-refractivity contribution in [2.45, 2.75) is 25.6 Å². The summed E-state index contributed by atoms with van der Waals surface area (Å²) in [4.78, 5) is 39.7. The summed E-state index contributed by atoms with van der Waals surface area (Å²) in [5, 5.41) is 2.75. The van der Waals surface area contributed by atoms with E-state index in [0.29, 0.717) is 6.42 Å². The summed E-state index contributed by atoms with van der Waals surface area (Å²) >= 11 is 1.61. The number of nitrogens with one attached hydrogen (secondary N) is 1. The van der Waals surface area contributed by atoms with E-state index in [1.807, 2.05) is 36.6 Å². The van der Waals surface area contributed by atoms with Gasteiger partial charge in [-0.15, -0.1) is 0 Å². The number of ether oxygens (including phenoxy) is 1. The fourth-order valence-electron chi connectivity index (χ4n) is 4.63. The van der Waals surface area contributed by atoms with Gasteiger partial charge in [0, 0.05) is 0 Å². The van der Waals surface area contributed by atoms with E-state index in [4.69, 9.17) is 4.74 Å². The van der Waals surface area contributed by atoms with Crippen LogP contribution in [0.15, 0.2) is 42.5 Å². The molecule has 6 nitrogen and oxygen atoms in total. The van der Waals surface area contributed by atoms with Crippen molar-refractivity contribution in [2.75, 3.05) is 12.0 Å². The lowest BCUT2D eigenvalue weighted by molar-refractivity contribution is -0.144. The number of amides is 3. The van der Waals surface area contributed by atoms with Gasteiger partial charge in [0.05, 0.1) is 11.8 Å². The van der Waals surface area contributed by atoms with Crippen LogP contribution in [-0.2, 0) is 20.9 Å². The van der Waals surface area contributed by atoms with Gasteiger partial charge in [-0.2, -0.15) is 11.8 Å². The van der Waals surface area contributed by atoms with Crippen molar-refractivity contribution >= 4 is 29.7 Å². The van der Waals surface area contributed by atoms with Gasteiger partial charge < -0.3 is 10.1 Å². The molecule has 1 aromatic carbocycles. The van der Waals surface area contributed by atoms with Crippen molar-refractivity contribution in [3.05, 3.63) is 48.0 Å². The molecule has 5 atom stereocenters. The zero-order valence-electron chi connectivity index (χ0n) is 15.7. The van der Waals surface area contributed by atoms with Crippen LogP contribution in [0.1, 0.15) is 18.4 Å². The van der Waals surface area contributed by atoms with E-state index in [9.17, 15) is 14.4 Å². The van der Waals surface area contributed by atoms with Gasteiger partial charge in [0.25, 0.3) is 0 Å². The lowest BCUT2D eigenvalue weighted by Gasteiger charge is -2.28. The third-order valence-electron chi connectivity index (χ3n) is 5.91. The average molecular weight is 401 g/mol. The fraction of sp³-hybridized carbons (Fsp3) is 0.476. The second-order valence-corrected chi connectivity index (χ2v) is 8.54. The molecule has 2 aliphatic carbocycles. The van der Waals surface area contributed by atoms with Gasteiger partial charge in [-0.1, -0.05) is 42.5 Å². The molecule has 2 bridgehead atoms. The number of rotatable bonds is 7. The lowest BCUT2D eigenvalue weighted by Crippen LogP contribution is -2.52. The molecule has 1 aromatic rings. The van der Waals surface area contributed by atoms with Crippen molar-refractivity contribution in [3.8, 4) is 0 Å². The Morgan fingerprint density at radius 3 is 2.43 bits per heavy atom. The van der Waals surface area contributed by atoms with Crippen molar-refractivity contribution in [2.24, 2.45) is 23.7 Å². The third kappa shape index (κ3) is 3.43. The second-order valence-electron chi connectivity index (χ2n) is 7.55. The maximum Gasteiger partial charge on any atom is 0.409 e. The van der Waals surface area contributed by atoms with Gasteiger partial charge in [0.2, 0.25) is 11.8 Å². The topological polar surface area (TPSA) is 75.7 Å². The Balaban J connectivity index is 1.43. The summed E-state index contributed by atoms with van der Waals surface area (Å²) < 4.78 is 5.30. The number of benzene rings is 1. The van der Waals surface area contributed by atoms with Crippen LogP contribution in [0, 0.1) is 23.7 Å². The van der Waals surface area contributed by atoms with Crippen molar-refractivity contribution in [1.82, 2.24) is 10.2 Å². The van der Waals surface area contributed by atoms with E-state index < -0.39 is 12.3 Å². The highest BCUT2D eigenvalue weighted by Crippen LogP contribution is 2.52. The summed E-state index contributed by atoms with van der Waals surface area (Å²) in [6.07, 6.45) is 6.20. The fourth-order valence-corrected chi connectivity index (χ4v) is 5.09. The number of imide groups is 1. The quantitative estimate of drug-likeness (QED) is 0.563. The van der Waals surface area contributed by atoms with Crippen LogP contribution in [0.5, 0.6) is 0 Å². The summed E-state index contributed by atoms with van der Waals surface area (Å²) in [5.41, 5.74) is 0.879. The first-order valence-electron chi connectivity index (χ1n) is 9.61. The molecule has 3 aliphatic rings. The van der Waals surface area contributed by atoms with Gasteiger partial charge in [-0.25, -0.2) is 4.79 Å². The molecule has 1 heterocycles. The van der Waals surface area contributed by atoms with Crippen LogP contribution < -0.4 is 5.32 Å². The first-order chi connectivity index (χ1) is 13.6. The van der Waals surface area contributed by atoms with E-state index in [-0.39, 0.29) is 42.1 Å². The highest BCUT2D eigenvalue weighted by molar-refractivity contribution is 7.98. The van der Waals surface area contributed by atoms with Gasteiger partial charge in [-0.05, 0) is 42.2 Å². The van der Waals surface area contributed by atoms with E-state index >= 15 is 0 Å². The molecule has 28 heavy (non-hydrogen) atoms. The second kappa shape index (κ2) is 7.99. The van der Waals surface area contributed by atoms with Crippen molar-refractivity contribution in [1.29, 1.82) is 0 Å². The van der Waals surface area contributed by atoms with E-state index in [0.717, 1.165) is 17.7 Å². The normalized spacial score (nSPS) is 28.5. The maximum atomic E-state index is 13.0. The molecule has 1 saturated carbocycles. The Kier molecular flexibility index (Phi) is 5.44. The minimum atomic E-state index is -0.666. The molecule has 148 valence electrons. The number of allylic oxidation sites excluding steroid dienone is 2. The molecule has 7 heteroatoms. The van der Waals surface area contributed by atoms with Crippen LogP contribution >= 0.6 is 11.8 Å². The molecule has 1 aliphatic heterocycles. The summed E-state index contributed by atoms with van der Waals surface area (Å²) in [6.45, 7) is 0.142. The number of carbonyl (C=O) groups is 3. The molecule has 2 fully saturated rings. The highest BCUT2D eigenvalue weighted by atomic mass is 32.2. The number of hydrogen-bond donors (Lipinski definition) is 1. The summed E-state index contributed by atoms with van der Waals surface area (Å²) in [6, 6.07) is 9.39. The maximum absolute atomic E-state index is 13.0. The minimum absolute atomic E-state index is 0.142. The summed E-state index contributed by atoms with van der Waals surface area (Å²) in [7, 11) is 0. The monoisotopic (exact) mass is 400 g/mol. The van der Waals surface area contributed by atoms with Crippen LogP contribution in [0.25, 0.3) is 0 Å². The molecule has 4 rings (SSSR count).